The van der Waals surface area contributed by atoms with Crippen molar-refractivity contribution in [1.29, 1.82) is 0 Å². The Bertz CT molecular complexity index is 996. The lowest BCUT2D eigenvalue weighted by Crippen LogP contribution is -2.37. The number of hydrogen-bond donors (Lipinski definition) is 1. The number of methoxy groups -OCH3 is 1. The number of ether oxygens (including phenoxy) is 2. The first kappa shape index (κ1) is 19.4. The third-order valence-electron chi connectivity index (χ3n) is 4.93. The molecule has 2 heterocycles. The maximum atomic E-state index is 12.6. The van der Waals surface area contributed by atoms with E-state index < -0.39 is 6.10 Å². The summed E-state index contributed by atoms with van der Waals surface area (Å²) in [4.78, 5) is 16.7. The van der Waals surface area contributed by atoms with Crippen molar-refractivity contribution in [3.63, 3.8) is 0 Å². The smallest absolute Gasteiger partial charge is 0.253 e. The molecule has 5 nitrogen and oxygen atoms in total. The number of nitrogens with one attached hydrogen (secondary N) is 1. The molecular formula is C23H21ClN2O3. The van der Waals surface area contributed by atoms with Gasteiger partial charge in [0.05, 0.1) is 6.54 Å². The normalized spacial score (nSPS) is 16.0. The van der Waals surface area contributed by atoms with Gasteiger partial charge in [0, 0.05) is 42.1 Å². The fraction of sp³-hybridized carbons (Fsp3) is 0.217. The molecule has 6 heteroatoms. The van der Waals surface area contributed by atoms with Crippen LogP contribution in [0.5, 0.6) is 5.75 Å². The van der Waals surface area contributed by atoms with Crippen LogP contribution >= 0.6 is 11.6 Å². The van der Waals surface area contributed by atoms with Gasteiger partial charge in [0.15, 0.2) is 6.10 Å². The highest BCUT2D eigenvalue weighted by molar-refractivity contribution is 6.31. The summed E-state index contributed by atoms with van der Waals surface area (Å²) in [6.07, 6.45) is 3.34. The van der Waals surface area contributed by atoms with Crippen molar-refractivity contribution in [2.75, 3.05) is 13.7 Å². The Morgan fingerprint density at radius 2 is 2.00 bits per heavy atom. The Labute approximate surface area is 174 Å². The average Bonchev–Trinajstić information content (AvgIpc) is 3.16. The van der Waals surface area contributed by atoms with Crippen LogP contribution in [0.25, 0.3) is 11.1 Å². The Hall–Kier alpha value is -2.89. The standard InChI is InChI=1S/C23H21ClN2O3/c1-28-22(16-5-3-2-4-6-16)23(27)26-14-19-12-17-11-18(24)13-20(21(17)29-19)15-7-9-25-10-8-15/h2-11,13,19,22H,12,14H2,1H3,(H,26,27). The fourth-order valence-corrected chi connectivity index (χ4v) is 3.82. The second kappa shape index (κ2) is 8.64. The lowest BCUT2D eigenvalue weighted by molar-refractivity contribution is -0.131. The number of halogens is 1. The van der Waals surface area contributed by atoms with Crippen molar-refractivity contribution in [1.82, 2.24) is 10.3 Å². The zero-order valence-electron chi connectivity index (χ0n) is 16.0. The molecule has 0 aliphatic carbocycles. The van der Waals surface area contributed by atoms with E-state index in [2.05, 4.69) is 10.3 Å². The van der Waals surface area contributed by atoms with Crippen molar-refractivity contribution < 1.29 is 14.3 Å². The van der Waals surface area contributed by atoms with Gasteiger partial charge in [-0.25, -0.2) is 0 Å². The van der Waals surface area contributed by atoms with E-state index in [4.69, 9.17) is 21.1 Å². The molecule has 1 aliphatic heterocycles. The van der Waals surface area contributed by atoms with Crippen LogP contribution < -0.4 is 10.1 Å². The highest BCUT2D eigenvalue weighted by Gasteiger charge is 2.28. The number of hydrogen-bond acceptors (Lipinski definition) is 4. The summed E-state index contributed by atoms with van der Waals surface area (Å²) in [6.45, 7) is 0.383. The number of carbonyl (C=O) groups is 1. The molecule has 1 N–H and O–H groups in total. The molecule has 2 atom stereocenters. The minimum atomic E-state index is -0.651. The number of carbonyl (C=O) groups excluding carboxylic acids is 1. The first-order valence-corrected chi connectivity index (χ1v) is 9.78. The molecule has 0 bridgehead atoms. The van der Waals surface area contributed by atoms with Crippen molar-refractivity contribution in [2.24, 2.45) is 0 Å². The molecular weight excluding hydrogens is 388 g/mol. The van der Waals surface area contributed by atoms with Crippen LogP contribution in [0.4, 0.5) is 0 Å². The first-order valence-electron chi connectivity index (χ1n) is 9.40. The maximum Gasteiger partial charge on any atom is 0.253 e. The molecule has 29 heavy (non-hydrogen) atoms. The van der Waals surface area contributed by atoms with Crippen LogP contribution in [0.1, 0.15) is 17.2 Å². The van der Waals surface area contributed by atoms with Crippen molar-refractivity contribution in [3.8, 4) is 16.9 Å². The summed E-state index contributed by atoms with van der Waals surface area (Å²) in [5, 5.41) is 3.61. The van der Waals surface area contributed by atoms with Gasteiger partial charge in [-0.05, 0) is 35.4 Å². The summed E-state index contributed by atoms with van der Waals surface area (Å²) < 4.78 is 11.6. The van der Waals surface area contributed by atoms with Gasteiger partial charge in [-0.15, -0.1) is 0 Å². The van der Waals surface area contributed by atoms with Gasteiger partial charge in [0.25, 0.3) is 5.91 Å². The Morgan fingerprint density at radius 1 is 1.24 bits per heavy atom. The third-order valence-corrected chi connectivity index (χ3v) is 5.15. The second-order valence-corrected chi connectivity index (χ2v) is 7.33. The molecule has 4 rings (SSSR count). The van der Waals surface area contributed by atoms with Gasteiger partial charge in [0.1, 0.15) is 11.9 Å². The summed E-state index contributed by atoms with van der Waals surface area (Å²) in [5.41, 5.74) is 3.78. The predicted octanol–water partition coefficient (Wildman–Crippen LogP) is 4.21. The van der Waals surface area contributed by atoms with E-state index in [-0.39, 0.29) is 12.0 Å². The third kappa shape index (κ3) is 4.26. The van der Waals surface area contributed by atoms with E-state index in [0.717, 1.165) is 28.0 Å². The topological polar surface area (TPSA) is 60.5 Å². The van der Waals surface area contributed by atoms with E-state index in [1.807, 2.05) is 54.6 Å². The van der Waals surface area contributed by atoms with E-state index >= 15 is 0 Å². The molecule has 0 fully saturated rings. The van der Waals surface area contributed by atoms with Gasteiger partial charge in [-0.3, -0.25) is 9.78 Å². The molecule has 1 amide bonds. The quantitative estimate of drug-likeness (QED) is 0.663. The number of benzene rings is 2. The van der Waals surface area contributed by atoms with Crippen molar-refractivity contribution in [2.45, 2.75) is 18.6 Å². The fourth-order valence-electron chi connectivity index (χ4n) is 3.58. The monoisotopic (exact) mass is 408 g/mol. The van der Waals surface area contributed by atoms with Gasteiger partial charge >= 0.3 is 0 Å². The maximum absolute atomic E-state index is 12.6. The molecule has 148 valence electrons. The summed E-state index contributed by atoms with van der Waals surface area (Å²) in [6, 6.07) is 17.1. The number of fused-ring (bicyclic) bond motifs is 1. The Balaban J connectivity index is 1.46. The van der Waals surface area contributed by atoms with Gasteiger partial charge < -0.3 is 14.8 Å². The molecule has 3 aromatic rings. The van der Waals surface area contributed by atoms with Crippen molar-refractivity contribution >= 4 is 17.5 Å². The van der Waals surface area contributed by atoms with E-state index in [1.54, 1.807) is 12.4 Å². The second-order valence-electron chi connectivity index (χ2n) is 6.89. The molecule has 0 radical (unpaired) electrons. The number of nitrogens with zero attached hydrogens (tertiary/aromatic N) is 1. The van der Waals surface area contributed by atoms with Gasteiger partial charge in [-0.1, -0.05) is 41.9 Å². The summed E-state index contributed by atoms with van der Waals surface area (Å²) in [7, 11) is 1.53. The number of rotatable bonds is 6. The Kier molecular flexibility index (Phi) is 5.79. The van der Waals surface area contributed by atoms with Crippen LogP contribution in [-0.2, 0) is 16.0 Å². The average molecular weight is 409 g/mol. The number of amides is 1. The molecule has 2 unspecified atom stereocenters. The highest BCUT2D eigenvalue weighted by atomic mass is 35.5. The minimum Gasteiger partial charge on any atom is -0.487 e. The van der Waals surface area contributed by atoms with Crippen LogP contribution in [0.2, 0.25) is 5.02 Å². The largest absolute Gasteiger partial charge is 0.487 e. The van der Waals surface area contributed by atoms with Crippen molar-refractivity contribution in [3.05, 3.63) is 83.1 Å². The van der Waals surface area contributed by atoms with Crippen LogP contribution in [-0.4, -0.2) is 30.6 Å². The first-order chi connectivity index (χ1) is 14.2. The summed E-state index contributed by atoms with van der Waals surface area (Å²) >= 11 is 6.32. The number of pyridine rings is 1. The lowest BCUT2D eigenvalue weighted by Gasteiger charge is -2.18. The number of aromatic nitrogens is 1. The van der Waals surface area contributed by atoms with E-state index in [9.17, 15) is 4.79 Å². The predicted molar refractivity (Wildman–Crippen MR) is 112 cm³/mol. The molecule has 2 aromatic carbocycles. The molecule has 1 aromatic heterocycles. The minimum absolute atomic E-state index is 0.165. The van der Waals surface area contributed by atoms with Crippen LogP contribution in [0.15, 0.2) is 67.0 Å². The van der Waals surface area contributed by atoms with E-state index in [0.29, 0.717) is 18.0 Å². The Morgan fingerprint density at radius 3 is 2.72 bits per heavy atom. The van der Waals surface area contributed by atoms with Crippen LogP contribution in [0.3, 0.4) is 0 Å². The van der Waals surface area contributed by atoms with E-state index in [1.165, 1.54) is 7.11 Å². The van der Waals surface area contributed by atoms with Gasteiger partial charge in [0.2, 0.25) is 0 Å². The molecule has 1 aliphatic rings. The molecule has 0 saturated heterocycles. The zero-order chi connectivity index (χ0) is 20.2. The lowest BCUT2D eigenvalue weighted by atomic mass is 10.0. The summed E-state index contributed by atoms with van der Waals surface area (Å²) in [5.74, 6) is 0.622. The molecule has 0 saturated carbocycles. The SMILES string of the molecule is COC(C(=O)NCC1Cc2cc(Cl)cc(-c3ccncc3)c2O1)c1ccccc1. The highest BCUT2D eigenvalue weighted by Crippen LogP contribution is 2.40. The molecule has 0 spiro atoms. The zero-order valence-corrected chi connectivity index (χ0v) is 16.7. The van der Waals surface area contributed by atoms with Crippen LogP contribution in [0, 0.1) is 0 Å². The van der Waals surface area contributed by atoms with Gasteiger partial charge in [-0.2, -0.15) is 0 Å².